The SMILES string of the molecule is CN(C(=O)c1cc(C2CC2)n(-c2ccc(F)cc2)n1)C1CCS(=O)(=O)C1. The fraction of sp³-hybridized carbons (Fsp3) is 0.444. The summed E-state index contributed by atoms with van der Waals surface area (Å²) < 4.78 is 38.3. The van der Waals surface area contributed by atoms with Gasteiger partial charge in [0.25, 0.3) is 5.91 Å². The highest BCUT2D eigenvalue weighted by Gasteiger charge is 2.35. The van der Waals surface area contributed by atoms with Crippen LogP contribution in [0, 0.1) is 5.82 Å². The summed E-state index contributed by atoms with van der Waals surface area (Å²) in [7, 11) is -1.44. The number of rotatable bonds is 4. The second-order valence-electron chi connectivity index (χ2n) is 7.09. The molecule has 0 bridgehead atoms. The van der Waals surface area contributed by atoms with Crippen LogP contribution in [0.3, 0.4) is 0 Å². The molecular weight excluding hydrogens is 357 g/mol. The Kier molecular flexibility index (Phi) is 4.10. The van der Waals surface area contributed by atoms with E-state index in [1.807, 2.05) is 0 Å². The van der Waals surface area contributed by atoms with Gasteiger partial charge in [-0.15, -0.1) is 0 Å². The second-order valence-corrected chi connectivity index (χ2v) is 9.32. The third kappa shape index (κ3) is 3.25. The van der Waals surface area contributed by atoms with E-state index >= 15 is 0 Å². The molecule has 4 rings (SSSR count). The van der Waals surface area contributed by atoms with Gasteiger partial charge in [-0.05, 0) is 49.6 Å². The van der Waals surface area contributed by atoms with E-state index in [2.05, 4.69) is 5.10 Å². The van der Waals surface area contributed by atoms with Crippen molar-refractivity contribution in [2.75, 3.05) is 18.6 Å². The van der Waals surface area contributed by atoms with E-state index in [1.54, 1.807) is 29.9 Å². The number of nitrogens with zero attached hydrogens (tertiary/aromatic N) is 3. The lowest BCUT2D eigenvalue weighted by molar-refractivity contribution is 0.0741. The molecule has 1 atom stereocenters. The fourth-order valence-corrected chi connectivity index (χ4v) is 5.16. The average Bonchev–Trinajstić information content (AvgIpc) is 3.26. The Bertz CT molecular complexity index is 949. The van der Waals surface area contributed by atoms with Crippen molar-refractivity contribution >= 4 is 15.7 Å². The van der Waals surface area contributed by atoms with Crippen molar-refractivity contribution in [3.63, 3.8) is 0 Å². The minimum atomic E-state index is -3.06. The molecule has 0 spiro atoms. The van der Waals surface area contributed by atoms with E-state index in [1.165, 1.54) is 17.0 Å². The molecule has 1 saturated carbocycles. The number of carbonyl (C=O) groups is 1. The largest absolute Gasteiger partial charge is 0.336 e. The van der Waals surface area contributed by atoms with Crippen molar-refractivity contribution in [1.29, 1.82) is 0 Å². The normalized spacial score (nSPS) is 21.7. The zero-order chi connectivity index (χ0) is 18.5. The molecule has 2 aromatic rings. The zero-order valence-corrected chi connectivity index (χ0v) is 15.2. The summed E-state index contributed by atoms with van der Waals surface area (Å²) >= 11 is 0. The Morgan fingerprint density at radius 2 is 1.92 bits per heavy atom. The Labute approximate surface area is 151 Å². The third-order valence-electron chi connectivity index (χ3n) is 5.10. The molecule has 2 aliphatic rings. The first-order valence-corrected chi connectivity index (χ1v) is 10.5. The molecule has 0 N–H and O–H groups in total. The molecule has 0 radical (unpaired) electrons. The van der Waals surface area contributed by atoms with Gasteiger partial charge in [-0.2, -0.15) is 5.10 Å². The molecule has 26 heavy (non-hydrogen) atoms. The summed E-state index contributed by atoms with van der Waals surface area (Å²) in [6.07, 6.45) is 2.53. The maximum atomic E-state index is 13.2. The predicted molar refractivity (Wildman–Crippen MR) is 94.6 cm³/mol. The molecule has 2 heterocycles. The molecule has 1 amide bonds. The number of hydrogen-bond acceptors (Lipinski definition) is 4. The lowest BCUT2D eigenvalue weighted by Gasteiger charge is -2.22. The zero-order valence-electron chi connectivity index (χ0n) is 14.4. The van der Waals surface area contributed by atoms with Gasteiger partial charge >= 0.3 is 0 Å². The van der Waals surface area contributed by atoms with Crippen molar-refractivity contribution < 1.29 is 17.6 Å². The maximum Gasteiger partial charge on any atom is 0.274 e. The number of benzene rings is 1. The third-order valence-corrected chi connectivity index (χ3v) is 6.85. The van der Waals surface area contributed by atoms with Gasteiger partial charge in [0.1, 0.15) is 5.82 Å². The number of hydrogen-bond donors (Lipinski definition) is 0. The van der Waals surface area contributed by atoms with Crippen LogP contribution < -0.4 is 0 Å². The molecule has 2 fully saturated rings. The van der Waals surface area contributed by atoms with Gasteiger partial charge in [-0.1, -0.05) is 0 Å². The summed E-state index contributed by atoms with van der Waals surface area (Å²) in [4.78, 5) is 14.3. The second kappa shape index (κ2) is 6.19. The number of carbonyl (C=O) groups excluding carboxylic acids is 1. The van der Waals surface area contributed by atoms with E-state index in [-0.39, 0.29) is 29.3 Å². The highest BCUT2D eigenvalue weighted by molar-refractivity contribution is 7.91. The molecule has 138 valence electrons. The first-order valence-electron chi connectivity index (χ1n) is 8.67. The molecule has 1 aromatic carbocycles. The smallest absolute Gasteiger partial charge is 0.274 e. The van der Waals surface area contributed by atoms with E-state index < -0.39 is 9.84 Å². The summed E-state index contributed by atoms with van der Waals surface area (Å²) in [5.74, 6) is -0.135. The van der Waals surface area contributed by atoms with Crippen molar-refractivity contribution in [2.24, 2.45) is 0 Å². The van der Waals surface area contributed by atoms with Crippen LogP contribution in [0.2, 0.25) is 0 Å². The summed E-state index contributed by atoms with van der Waals surface area (Å²) in [5, 5.41) is 4.45. The van der Waals surface area contributed by atoms with Gasteiger partial charge < -0.3 is 4.90 Å². The van der Waals surface area contributed by atoms with Gasteiger partial charge in [-0.25, -0.2) is 17.5 Å². The quantitative estimate of drug-likeness (QED) is 0.818. The molecular formula is C18H20FN3O3S. The fourth-order valence-electron chi connectivity index (χ4n) is 3.39. The molecule has 6 nitrogen and oxygen atoms in total. The van der Waals surface area contributed by atoms with Gasteiger partial charge in [0.2, 0.25) is 0 Å². The summed E-state index contributed by atoms with van der Waals surface area (Å²) in [6.45, 7) is 0. The van der Waals surface area contributed by atoms with Crippen LogP contribution in [0.25, 0.3) is 5.69 Å². The van der Waals surface area contributed by atoms with Crippen LogP contribution in [0.1, 0.15) is 41.4 Å². The topological polar surface area (TPSA) is 72.3 Å². The number of aromatic nitrogens is 2. The first-order chi connectivity index (χ1) is 12.3. The highest BCUT2D eigenvalue weighted by Crippen LogP contribution is 2.41. The van der Waals surface area contributed by atoms with Crippen LogP contribution in [-0.4, -0.2) is 53.6 Å². The van der Waals surface area contributed by atoms with Crippen molar-refractivity contribution in [2.45, 2.75) is 31.2 Å². The van der Waals surface area contributed by atoms with Crippen molar-refractivity contribution in [1.82, 2.24) is 14.7 Å². The lowest BCUT2D eigenvalue weighted by Crippen LogP contribution is -2.38. The summed E-state index contributed by atoms with van der Waals surface area (Å²) in [6, 6.07) is 7.47. The number of amides is 1. The van der Waals surface area contributed by atoms with Gasteiger partial charge in [-0.3, -0.25) is 4.79 Å². The Morgan fingerprint density at radius 1 is 1.23 bits per heavy atom. The Morgan fingerprint density at radius 3 is 2.50 bits per heavy atom. The molecule has 1 saturated heterocycles. The highest BCUT2D eigenvalue weighted by atomic mass is 32.2. The number of sulfone groups is 1. The lowest BCUT2D eigenvalue weighted by atomic mass is 10.2. The average molecular weight is 377 g/mol. The van der Waals surface area contributed by atoms with E-state index in [0.29, 0.717) is 23.7 Å². The standard InChI is InChI=1S/C18H20FN3O3S/c1-21(15-8-9-26(24,25)11-15)18(23)16-10-17(12-2-3-12)22(20-16)14-6-4-13(19)5-7-14/h4-7,10,12,15H,2-3,8-9,11H2,1H3. The molecule has 1 unspecified atom stereocenters. The van der Waals surface area contributed by atoms with Gasteiger partial charge in [0.05, 0.1) is 17.2 Å². The minimum Gasteiger partial charge on any atom is -0.336 e. The maximum absolute atomic E-state index is 13.2. The van der Waals surface area contributed by atoms with Crippen LogP contribution in [0.4, 0.5) is 4.39 Å². The molecule has 1 aliphatic heterocycles. The van der Waals surface area contributed by atoms with Crippen molar-refractivity contribution in [3.8, 4) is 5.69 Å². The Hall–Kier alpha value is -2.22. The van der Waals surface area contributed by atoms with Crippen LogP contribution >= 0.6 is 0 Å². The number of halogens is 1. The molecule has 8 heteroatoms. The van der Waals surface area contributed by atoms with Gasteiger partial charge in [0, 0.05) is 24.7 Å². The first kappa shape index (κ1) is 17.2. The molecule has 1 aliphatic carbocycles. The minimum absolute atomic E-state index is 0.00337. The van der Waals surface area contributed by atoms with E-state index in [9.17, 15) is 17.6 Å². The van der Waals surface area contributed by atoms with E-state index in [0.717, 1.165) is 18.5 Å². The van der Waals surface area contributed by atoms with Gasteiger partial charge in [0.15, 0.2) is 15.5 Å². The van der Waals surface area contributed by atoms with Crippen molar-refractivity contribution in [3.05, 3.63) is 47.5 Å². The van der Waals surface area contributed by atoms with Crippen LogP contribution in [-0.2, 0) is 9.84 Å². The molecule has 1 aromatic heterocycles. The van der Waals surface area contributed by atoms with Crippen LogP contribution in [0.15, 0.2) is 30.3 Å². The monoisotopic (exact) mass is 377 g/mol. The van der Waals surface area contributed by atoms with E-state index in [4.69, 9.17) is 0 Å². The summed E-state index contributed by atoms with van der Waals surface area (Å²) in [5.41, 5.74) is 1.94. The predicted octanol–water partition coefficient (Wildman–Crippen LogP) is 2.15. The van der Waals surface area contributed by atoms with Crippen LogP contribution in [0.5, 0.6) is 0 Å². The Balaban J connectivity index is 1.63.